The van der Waals surface area contributed by atoms with Gasteiger partial charge in [0.2, 0.25) is 0 Å². The summed E-state index contributed by atoms with van der Waals surface area (Å²) in [6.07, 6.45) is 0. The van der Waals surface area contributed by atoms with Crippen molar-refractivity contribution in [3.63, 3.8) is 0 Å². The summed E-state index contributed by atoms with van der Waals surface area (Å²) in [4.78, 5) is 2.46. The van der Waals surface area contributed by atoms with Gasteiger partial charge in [0.15, 0.2) is 0 Å². The van der Waals surface area contributed by atoms with Gasteiger partial charge in [-0.15, -0.1) is 0 Å². The largest absolute Gasteiger partial charge is 0.308 e. The van der Waals surface area contributed by atoms with Crippen LogP contribution in [0.2, 0.25) is 0 Å². The van der Waals surface area contributed by atoms with Crippen LogP contribution in [0.25, 0.3) is 82.1 Å². The Balaban J connectivity index is 1.17. The van der Waals surface area contributed by atoms with E-state index in [9.17, 15) is 0 Å². The van der Waals surface area contributed by atoms with E-state index in [2.05, 4.69) is 228 Å². The number of benzene rings is 10. The highest BCUT2D eigenvalue weighted by Crippen LogP contribution is 2.47. The number of aromatic nitrogens is 1. The summed E-state index contributed by atoms with van der Waals surface area (Å²) < 4.78 is 2.43. The van der Waals surface area contributed by atoms with Gasteiger partial charge in [-0.05, 0) is 91.5 Å². The second kappa shape index (κ2) is 13.2. The molecule has 0 aliphatic heterocycles. The van der Waals surface area contributed by atoms with Crippen molar-refractivity contribution in [1.82, 2.24) is 4.57 Å². The Morgan fingerprint density at radius 3 is 1.70 bits per heavy atom. The van der Waals surface area contributed by atoms with Gasteiger partial charge in [0, 0.05) is 27.7 Å². The smallest absolute Gasteiger partial charge is 0.0782 e. The number of fused-ring (bicyclic) bond motifs is 8. The van der Waals surface area contributed by atoms with E-state index in [0.717, 1.165) is 22.7 Å². The zero-order valence-electron chi connectivity index (χ0n) is 30.7. The lowest BCUT2D eigenvalue weighted by Gasteiger charge is -2.29. The average Bonchev–Trinajstić information content (AvgIpc) is 3.62. The Hall–Kier alpha value is -7.42. The first-order valence-electron chi connectivity index (χ1n) is 19.3. The molecule has 10 aromatic carbocycles. The lowest BCUT2D eigenvalue weighted by molar-refractivity contribution is 1.17. The summed E-state index contributed by atoms with van der Waals surface area (Å²) in [7, 11) is 0. The Morgan fingerprint density at radius 1 is 0.321 bits per heavy atom. The van der Waals surface area contributed by atoms with Crippen LogP contribution in [0, 0.1) is 0 Å². The van der Waals surface area contributed by atoms with Crippen molar-refractivity contribution in [3.8, 4) is 27.9 Å². The van der Waals surface area contributed by atoms with Crippen LogP contribution in [0.4, 0.5) is 17.1 Å². The van der Waals surface area contributed by atoms with Crippen LogP contribution in [0.5, 0.6) is 0 Å². The molecule has 0 fully saturated rings. The molecule has 1 aromatic heterocycles. The maximum atomic E-state index is 2.46. The Labute approximate surface area is 325 Å². The Bertz CT molecular complexity index is 3230. The molecule has 1 heterocycles. The molecule has 0 saturated heterocycles. The van der Waals surface area contributed by atoms with E-state index in [4.69, 9.17) is 0 Å². The van der Waals surface area contributed by atoms with Crippen LogP contribution >= 0.6 is 0 Å². The van der Waals surface area contributed by atoms with Crippen molar-refractivity contribution in [1.29, 1.82) is 0 Å². The van der Waals surface area contributed by atoms with Crippen molar-refractivity contribution >= 4 is 71.2 Å². The fourth-order valence-electron chi connectivity index (χ4n) is 8.87. The molecule has 2 heteroatoms. The lowest BCUT2D eigenvalue weighted by Crippen LogP contribution is -2.12. The molecule has 262 valence electrons. The number of hydrogen-bond donors (Lipinski definition) is 0. The molecule has 11 rings (SSSR count). The van der Waals surface area contributed by atoms with Gasteiger partial charge in [-0.1, -0.05) is 176 Å². The molecule has 0 unspecified atom stereocenters. The minimum atomic E-state index is 1.09. The third-order valence-corrected chi connectivity index (χ3v) is 11.3. The molecule has 0 bridgehead atoms. The van der Waals surface area contributed by atoms with E-state index in [-0.39, 0.29) is 0 Å². The van der Waals surface area contributed by atoms with Crippen molar-refractivity contribution < 1.29 is 0 Å². The second-order valence-electron chi connectivity index (χ2n) is 14.5. The molecule has 0 radical (unpaired) electrons. The first kappa shape index (κ1) is 32.0. The Morgan fingerprint density at radius 2 is 0.875 bits per heavy atom. The number of nitrogens with zero attached hydrogens (tertiary/aromatic N) is 2. The van der Waals surface area contributed by atoms with Crippen molar-refractivity contribution in [3.05, 3.63) is 218 Å². The monoisotopic (exact) mass is 712 g/mol. The van der Waals surface area contributed by atoms with Gasteiger partial charge in [0.1, 0.15) is 0 Å². The quantitative estimate of drug-likeness (QED) is 0.156. The molecule has 0 amide bonds. The molecule has 0 saturated carbocycles. The molecular weight excluding hydrogens is 677 g/mol. The number of para-hydroxylation sites is 4. The van der Waals surface area contributed by atoms with E-state index < -0.39 is 0 Å². The summed E-state index contributed by atoms with van der Waals surface area (Å²) in [6, 6.07) is 79.5. The fourth-order valence-corrected chi connectivity index (χ4v) is 8.87. The van der Waals surface area contributed by atoms with Gasteiger partial charge < -0.3 is 9.47 Å². The number of anilines is 3. The van der Waals surface area contributed by atoms with E-state index in [1.54, 1.807) is 0 Å². The molecule has 0 aliphatic rings. The van der Waals surface area contributed by atoms with Gasteiger partial charge in [0.05, 0.1) is 22.4 Å². The van der Waals surface area contributed by atoms with Crippen LogP contribution in [0.3, 0.4) is 0 Å². The van der Waals surface area contributed by atoms with E-state index in [0.29, 0.717) is 0 Å². The predicted molar refractivity (Wildman–Crippen MR) is 239 cm³/mol. The second-order valence-corrected chi connectivity index (χ2v) is 14.5. The highest BCUT2D eigenvalue weighted by molar-refractivity contribution is 6.24. The minimum absolute atomic E-state index is 1.09. The summed E-state index contributed by atoms with van der Waals surface area (Å²) in [6.45, 7) is 0. The number of rotatable bonds is 6. The van der Waals surface area contributed by atoms with Crippen LogP contribution in [0.1, 0.15) is 0 Å². The zero-order valence-corrected chi connectivity index (χ0v) is 30.7. The molecule has 0 spiro atoms. The first-order chi connectivity index (χ1) is 27.8. The van der Waals surface area contributed by atoms with Gasteiger partial charge in [-0.3, -0.25) is 0 Å². The van der Waals surface area contributed by atoms with Crippen LogP contribution < -0.4 is 4.90 Å². The first-order valence-corrected chi connectivity index (χ1v) is 19.3. The average molecular weight is 713 g/mol. The van der Waals surface area contributed by atoms with Gasteiger partial charge >= 0.3 is 0 Å². The summed E-state index contributed by atoms with van der Waals surface area (Å²) >= 11 is 0. The van der Waals surface area contributed by atoms with E-state index >= 15 is 0 Å². The molecule has 0 aliphatic carbocycles. The summed E-state index contributed by atoms with van der Waals surface area (Å²) in [5.41, 5.74) is 11.6. The Kier molecular flexibility index (Phi) is 7.53. The third-order valence-electron chi connectivity index (χ3n) is 11.3. The molecular formula is C54H36N2. The lowest BCUT2D eigenvalue weighted by atomic mass is 9.91. The molecule has 0 atom stereocenters. The molecule has 2 nitrogen and oxygen atoms in total. The minimum Gasteiger partial charge on any atom is -0.308 e. The normalized spacial score (nSPS) is 11.6. The predicted octanol–water partition coefficient (Wildman–Crippen LogP) is 15.0. The van der Waals surface area contributed by atoms with Crippen LogP contribution in [-0.4, -0.2) is 4.57 Å². The van der Waals surface area contributed by atoms with Crippen molar-refractivity contribution in [2.45, 2.75) is 0 Å². The van der Waals surface area contributed by atoms with Crippen molar-refractivity contribution in [2.75, 3.05) is 4.90 Å². The maximum absolute atomic E-state index is 2.46. The maximum Gasteiger partial charge on any atom is 0.0782 e. The van der Waals surface area contributed by atoms with Gasteiger partial charge in [-0.25, -0.2) is 0 Å². The highest BCUT2D eigenvalue weighted by Gasteiger charge is 2.23. The molecule has 56 heavy (non-hydrogen) atoms. The van der Waals surface area contributed by atoms with E-state index in [1.807, 2.05) is 0 Å². The zero-order chi connectivity index (χ0) is 37.0. The van der Waals surface area contributed by atoms with Crippen molar-refractivity contribution in [2.24, 2.45) is 0 Å². The SMILES string of the molecule is c1ccc(-c2ccccc2N(c2ccc(-c3cccc4ccc5ccc6ccccc6c5c34)cc2)c2cccc3c4ccccc4n(-c4ccccc4)c23)cc1. The number of hydrogen-bond acceptors (Lipinski definition) is 1. The van der Waals surface area contributed by atoms with Gasteiger partial charge in [-0.2, -0.15) is 0 Å². The molecule has 0 N–H and O–H groups in total. The molecule has 11 aromatic rings. The fraction of sp³-hybridized carbons (Fsp3) is 0. The summed E-state index contributed by atoms with van der Waals surface area (Å²) in [5.74, 6) is 0. The van der Waals surface area contributed by atoms with Gasteiger partial charge in [0.25, 0.3) is 0 Å². The topological polar surface area (TPSA) is 8.17 Å². The standard InChI is InChI=1S/C54H36N2/c1-3-15-37(16-4-1)44-21-9-11-26-49(44)55(51-28-14-25-48-47-23-10-12-27-50(47)56(54(48)51)42-19-5-2-6-20-42)43-35-33-39(34-36-43)46-24-13-18-40-31-32-41-30-29-38-17-7-8-22-45(38)53(41)52(40)46/h1-36H. The van der Waals surface area contributed by atoms with Crippen LogP contribution in [-0.2, 0) is 0 Å². The highest BCUT2D eigenvalue weighted by atomic mass is 15.2. The van der Waals surface area contributed by atoms with Crippen LogP contribution in [0.15, 0.2) is 218 Å². The summed E-state index contributed by atoms with van der Waals surface area (Å²) in [5, 5.41) is 10.1. The van der Waals surface area contributed by atoms with E-state index in [1.165, 1.54) is 76.4 Å². The third kappa shape index (κ3) is 5.11.